The van der Waals surface area contributed by atoms with E-state index in [0.717, 1.165) is 34.9 Å². The molecule has 37 heavy (non-hydrogen) atoms. The number of unbranched alkanes of at least 4 members (excludes halogenated alkanes) is 1. The van der Waals surface area contributed by atoms with Crippen LogP contribution in [0.25, 0.3) is 21.8 Å². The van der Waals surface area contributed by atoms with E-state index in [4.69, 9.17) is 4.74 Å². The van der Waals surface area contributed by atoms with Crippen molar-refractivity contribution in [3.8, 4) is 5.75 Å². The number of hydrogen-bond donors (Lipinski definition) is 1. The maximum Gasteiger partial charge on any atom is 0.264 e. The Bertz CT molecular complexity index is 1580. The Morgan fingerprint density at radius 2 is 1.81 bits per heavy atom. The smallest absolute Gasteiger partial charge is 0.264 e. The van der Waals surface area contributed by atoms with Crippen LogP contribution >= 0.6 is 0 Å². The first-order valence-electron chi connectivity index (χ1n) is 12.5. The van der Waals surface area contributed by atoms with E-state index >= 15 is 0 Å². The van der Waals surface area contributed by atoms with E-state index < -0.39 is 0 Å². The summed E-state index contributed by atoms with van der Waals surface area (Å²) in [7, 11) is 0. The summed E-state index contributed by atoms with van der Waals surface area (Å²) in [4.78, 5) is 30.2. The molecule has 0 aliphatic heterocycles. The fourth-order valence-electron chi connectivity index (χ4n) is 4.30. The number of ether oxygens (including phenoxy) is 1. The van der Waals surface area contributed by atoms with Gasteiger partial charge in [0, 0.05) is 12.1 Å². The molecule has 5 rings (SSSR count). The quantitative estimate of drug-likeness (QED) is 0.290. The number of hydrogen-bond acceptors (Lipinski definition) is 5. The minimum Gasteiger partial charge on any atom is -0.494 e. The van der Waals surface area contributed by atoms with Crippen molar-refractivity contribution in [3.05, 3.63) is 101 Å². The van der Waals surface area contributed by atoms with Crippen molar-refractivity contribution in [1.82, 2.24) is 24.6 Å². The van der Waals surface area contributed by atoms with Crippen LogP contribution in [0.4, 0.5) is 0 Å². The summed E-state index contributed by atoms with van der Waals surface area (Å²) in [5.74, 6) is 0.576. The summed E-state index contributed by atoms with van der Waals surface area (Å²) in [6.45, 7) is 3.95. The lowest BCUT2D eigenvalue weighted by Gasteiger charge is -2.10. The Morgan fingerprint density at radius 1 is 1.00 bits per heavy atom. The van der Waals surface area contributed by atoms with Gasteiger partial charge in [-0.2, -0.15) is 5.10 Å². The molecule has 0 fully saturated rings. The Balaban J connectivity index is 1.23. The predicted octanol–water partition coefficient (Wildman–Crippen LogP) is 4.40. The summed E-state index contributed by atoms with van der Waals surface area (Å²) in [6.07, 6.45) is 5.18. The van der Waals surface area contributed by atoms with E-state index in [-0.39, 0.29) is 11.5 Å². The van der Waals surface area contributed by atoms with Crippen LogP contribution in [0.1, 0.15) is 35.7 Å². The average Bonchev–Trinajstić information content (AvgIpc) is 3.34. The Kier molecular flexibility index (Phi) is 7.26. The van der Waals surface area contributed by atoms with E-state index in [1.165, 1.54) is 0 Å². The highest BCUT2D eigenvalue weighted by Crippen LogP contribution is 2.19. The zero-order chi connectivity index (χ0) is 25.6. The zero-order valence-electron chi connectivity index (χ0n) is 20.8. The van der Waals surface area contributed by atoms with Crippen LogP contribution in [0.2, 0.25) is 0 Å². The monoisotopic (exact) mass is 495 g/mol. The summed E-state index contributed by atoms with van der Waals surface area (Å²) in [6, 6.07) is 21.3. The molecule has 0 atom stereocenters. The van der Waals surface area contributed by atoms with Gasteiger partial charge in [-0.05, 0) is 47.0 Å². The number of benzene rings is 3. The summed E-state index contributed by atoms with van der Waals surface area (Å²) >= 11 is 0. The van der Waals surface area contributed by atoms with Crippen LogP contribution in [-0.2, 0) is 13.1 Å². The van der Waals surface area contributed by atoms with E-state index in [0.29, 0.717) is 42.8 Å². The molecule has 8 heteroatoms. The van der Waals surface area contributed by atoms with Crippen molar-refractivity contribution in [1.29, 1.82) is 0 Å². The number of carbonyl (C=O) groups excluding carboxylic acids is 1. The Hall–Kier alpha value is -4.46. The second kappa shape index (κ2) is 11.1. The number of rotatable bonds is 10. The van der Waals surface area contributed by atoms with Crippen molar-refractivity contribution in [2.24, 2.45) is 0 Å². The van der Waals surface area contributed by atoms with Crippen LogP contribution in [0.3, 0.4) is 0 Å². The van der Waals surface area contributed by atoms with Crippen molar-refractivity contribution in [2.45, 2.75) is 32.9 Å². The van der Waals surface area contributed by atoms with E-state index in [9.17, 15) is 9.59 Å². The molecule has 0 radical (unpaired) electrons. The van der Waals surface area contributed by atoms with Crippen molar-refractivity contribution < 1.29 is 9.53 Å². The van der Waals surface area contributed by atoms with Crippen LogP contribution in [0, 0.1) is 0 Å². The van der Waals surface area contributed by atoms with Gasteiger partial charge in [-0.3, -0.25) is 14.2 Å². The SMILES string of the molecule is CCCCOc1ccc(C(=O)NCCn2ncc3c(=O)n(Cc4cccc5ccccc45)cnc32)cc1. The molecule has 2 heterocycles. The van der Waals surface area contributed by atoms with Crippen LogP contribution in [0.15, 0.2) is 84.0 Å². The lowest BCUT2D eigenvalue weighted by molar-refractivity contribution is 0.0952. The maximum atomic E-state index is 13.1. The first-order chi connectivity index (χ1) is 18.1. The van der Waals surface area contributed by atoms with Gasteiger partial charge in [0.25, 0.3) is 11.5 Å². The minimum atomic E-state index is -0.179. The number of aromatic nitrogens is 4. The molecule has 0 saturated heterocycles. The molecule has 1 amide bonds. The summed E-state index contributed by atoms with van der Waals surface area (Å²) in [5, 5.41) is 9.94. The standard InChI is InChI=1S/C29H29N5O3/c1-2-3-17-37-24-13-11-22(12-14-24)28(35)30-15-16-34-27-26(18-32-34)29(36)33(20-31-27)19-23-9-6-8-21-7-4-5-10-25(21)23/h4-14,18,20H,2-3,15-17,19H2,1H3,(H,30,35). The molecule has 0 saturated carbocycles. The lowest BCUT2D eigenvalue weighted by atomic mass is 10.0. The fraction of sp³-hybridized carbons (Fsp3) is 0.241. The molecular weight excluding hydrogens is 466 g/mol. The van der Waals surface area contributed by atoms with Gasteiger partial charge in [-0.15, -0.1) is 0 Å². The lowest BCUT2D eigenvalue weighted by Crippen LogP contribution is -2.27. The third kappa shape index (κ3) is 5.38. The van der Waals surface area contributed by atoms with Gasteiger partial charge in [0.15, 0.2) is 5.65 Å². The second-order valence-corrected chi connectivity index (χ2v) is 8.90. The fourth-order valence-corrected chi connectivity index (χ4v) is 4.30. The van der Waals surface area contributed by atoms with Crippen LogP contribution < -0.4 is 15.6 Å². The van der Waals surface area contributed by atoms with Crippen molar-refractivity contribution >= 4 is 27.7 Å². The molecule has 2 aromatic heterocycles. The third-order valence-corrected chi connectivity index (χ3v) is 6.34. The highest BCUT2D eigenvalue weighted by molar-refractivity contribution is 5.94. The van der Waals surface area contributed by atoms with Gasteiger partial charge >= 0.3 is 0 Å². The van der Waals surface area contributed by atoms with E-state index in [1.54, 1.807) is 46.0 Å². The molecular formula is C29H29N5O3. The number of fused-ring (bicyclic) bond motifs is 2. The van der Waals surface area contributed by atoms with Gasteiger partial charge in [0.2, 0.25) is 0 Å². The number of amides is 1. The normalized spacial score (nSPS) is 11.2. The molecule has 0 unspecified atom stereocenters. The summed E-state index contributed by atoms with van der Waals surface area (Å²) in [5.41, 5.74) is 1.97. The van der Waals surface area contributed by atoms with Crippen molar-refractivity contribution in [3.63, 3.8) is 0 Å². The van der Waals surface area contributed by atoms with Crippen molar-refractivity contribution in [2.75, 3.05) is 13.2 Å². The van der Waals surface area contributed by atoms with Crippen LogP contribution in [0.5, 0.6) is 5.75 Å². The van der Waals surface area contributed by atoms with Gasteiger partial charge in [0.1, 0.15) is 17.5 Å². The predicted molar refractivity (Wildman–Crippen MR) is 144 cm³/mol. The van der Waals surface area contributed by atoms with E-state index in [1.807, 2.05) is 24.3 Å². The average molecular weight is 496 g/mol. The van der Waals surface area contributed by atoms with Gasteiger partial charge in [-0.25, -0.2) is 9.67 Å². The third-order valence-electron chi connectivity index (χ3n) is 6.34. The van der Waals surface area contributed by atoms with Gasteiger partial charge < -0.3 is 10.1 Å². The molecule has 3 aromatic carbocycles. The molecule has 0 aliphatic rings. The Morgan fingerprint density at radius 3 is 2.65 bits per heavy atom. The van der Waals surface area contributed by atoms with Gasteiger partial charge in [-0.1, -0.05) is 55.8 Å². The molecule has 188 valence electrons. The first-order valence-corrected chi connectivity index (χ1v) is 12.5. The highest BCUT2D eigenvalue weighted by atomic mass is 16.5. The Labute approximate surface area is 214 Å². The molecule has 0 spiro atoms. The van der Waals surface area contributed by atoms with E-state index in [2.05, 4.69) is 40.5 Å². The molecule has 5 aromatic rings. The maximum absolute atomic E-state index is 13.1. The number of nitrogens with zero attached hydrogens (tertiary/aromatic N) is 4. The second-order valence-electron chi connectivity index (χ2n) is 8.90. The molecule has 8 nitrogen and oxygen atoms in total. The molecule has 1 N–H and O–H groups in total. The number of carbonyl (C=O) groups is 1. The first kappa shape index (κ1) is 24.2. The topological polar surface area (TPSA) is 91.0 Å². The summed E-state index contributed by atoms with van der Waals surface area (Å²) < 4.78 is 8.89. The minimum absolute atomic E-state index is 0.144. The molecule has 0 aliphatic carbocycles. The van der Waals surface area contributed by atoms with Crippen LogP contribution in [-0.4, -0.2) is 38.4 Å². The molecule has 0 bridgehead atoms. The number of nitrogens with one attached hydrogen (secondary N) is 1. The van der Waals surface area contributed by atoms with Gasteiger partial charge in [0.05, 0.1) is 25.9 Å². The largest absolute Gasteiger partial charge is 0.494 e. The highest BCUT2D eigenvalue weighted by Gasteiger charge is 2.12. The zero-order valence-corrected chi connectivity index (χ0v) is 20.8.